The van der Waals surface area contributed by atoms with Crippen molar-refractivity contribution in [1.29, 1.82) is 0 Å². The van der Waals surface area contributed by atoms with Crippen molar-refractivity contribution in [1.82, 2.24) is 0 Å². The van der Waals surface area contributed by atoms with E-state index in [0.717, 1.165) is 12.8 Å². The Kier molecular flexibility index (Phi) is 16.2. The van der Waals surface area contributed by atoms with E-state index in [2.05, 4.69) is 19.1 Å². The number of rotatable bonds is 14. The molecule has 0 saturated heterocycles. The van der Waals surface area contributed by atoms with Gasteiger partial charge in [0.25, 0.3) is 0 Å². The van der Waals surface area contributed by atoms with Gasteiger partial charge in [0, 0.05) is 6.42 Å². The summed E-state index contributed by atoms with van der Waals surface area (Å²) in [4.78, 5) is 10.3. The van der Waals surface area contributed by atoms with Crippen LogP contribution in [0, 0.1) is 0 Å². The van der Waals surface area contributed by atoms with Gasteiger partial charge in [0.15, 0.2) is 0 Å². The Labute approximate surface area is 157 Å². The Bertz CT molecular complexity index is 524. The van der Waals surface area contributed by atoms with E-state index in [9.17, 15) is 15.0 Å². The molecule has 2 atom stereocenters. The Morgan fingerprint density at radius 2 is 1.35 bits per heavy atom. The lowest BCUT2D eigenvalue weighted by Crippen LogP contribution is -1.99. The van der Waals surface area contributed by atoms with Crippen LogP contribution in [-0.2, 0) is 4.79 Å². The van der Waals surface area contributed by atoms with Gasteiger partial charge >= 0.3 is 5.97 Å². The molecule has 0 spiro atoms. The monoisotopic (exact) mass is 360 g/mol. The van der Waals surface area contributed by atoms with Gasteiger partial charge in [0.1, 0.15) is 0 Å². The molecule has 0 amide bonds. The molecular formula is C22H32O4. The summed E-state index contributed by atoms with van der Waals surface area (Å²) in [5, 5.41) is 28.0. The predicted octanol–water partition coefficient (Wildman–Crippen LogP) is 4.49. The van der Waals surface area contributed by atoms with Gasteiger partial charge in [-0.05, 0) is 32.1 Å². The minimum Gasteiger partial charge on any atom is -0.481 e. The van der Waals surface area contributed by atoms with E-state index < -0.39 is 18.2 Å². The number of hydrogen-bond acceptors (Lipinski definition) is 3. The van der Waals surface area contributed by atoms with Crippen LogP contribution < -0.4 is 0 Å². The highest BCUT2D eigenvalue weighted by Crippen LogP contribution is 2.00. The van der Waals surface area contributed by atoms with Crippen LogP contribution >= 0.6 is 0 Å². The molecule has 0 fully saturated rings. The Morgan fingerprint density at radius 1 is 0.808 bits per heavy atom. The summed E-state index contributed by atoms with van der Waals surface area (Å²) < 4.78 is 0. The molecule has 0 aromatic carbocycles. The van der Waals surface area contributed by atoms with Gasteiger partial charge in [-0.25, -0.2) is 0 Å². The van der Waals surface area contributed by atoms with Gasteiger partial charge in [-0.3, -0.25) is 4.79 Å². The van der Waals surface area contributed by atoms with Crippen LogP contribution in [0.4, 0.5) is 0 Å². The molecule has 0 aliphatic carbocycles. The highest BCUT2D eigenvalue weighted by Gasteiger charge is 1.95. The normalized spacial score (nSPS) is 15.5. The zero-order valence-electron chi connectivity index (χ0n) is 15.6. The van der Waals surface area contributed by atoms with Crippen LogP contribution in [0.1, 0.15) is 45.4 Å². The van der Waals surface area contributed by atoms with E-state index in [1.54, 1.807) is 48.6 Å². The first-order chi connectivity index (χ1) is 12.6. The fourth-order valence-electron chi connectivity index (χ4n) is 1.90. The maximum absolute atomic E-state index is 10.3. The highest BCUT2D eigenvalue weighted by molar-refractivity contribution is 5.66. The molecule has 26 heavy (non-hydrogen) atoms. The molecule has 0 aromatic rings. The van der Waals surface area contributed by atoms with E-state index in [-0.39, 0.29) is 6.42 Å². The third-order valence-electron chi connectivity index (χ3n) is 3.29. The van der Waals surface area contributed by atoms with E-state index >= 15 is 0 Å². The molecule has 3 N–H and O–H groups in total. The number of aliphatic carboxylic acids is 1. The fraction of sp³-hybridized carbons (Fsp3) is 0.409. The average Bonchev–Trinajstić information content (AvgIpc) is 2.60. The van der Waals surface area contributed by atoms with Gasteiger partial charge in [-0.2, -0.15) is 0 Å². The van der Waals surface area contributed by atoms with Gasteiger partial charge in [-0.15, -0.1) is 0 Å². The molecule has 4 nitrogen and oxygen atoms in total. The molecule has 2 unspecified atom stereocenters. The summed E-state index contributed by atoms with van der Waals surface area (Å²) in [6, 6.07) is 0. The quantitative estimate of drug-likeness (QED) is 0.315. The predicted molar refractivity (Wildman–Crippen MR) is 108 cm³/mol. The number of aliphatic hydroxyl groups is 2. The summed E-state index contributed by atoms with van der Waals surface area (Å²) in [6.07, 6.45) is 24.7. The van der Waals surface area contributed by atoms with Crippen molar-refractivity contribution in [2.75, 3.05) is 0 Å². The molecule has 0 aromatic heterocycles. The standard InChI is InChI=1S/C22H32O4/c1-2-3-4-5-6-10-15-20(23)16-11-7-8-12-17-21(24)18-13-9-14-19-22(25)26/h3-4,6-13,16-17,20-21,23-24H,2,5,14-15,18-19H2,1H3,(H,25,26)/b4-3-,8-7+,10-6-,13-9-,16-11-,17-12+. The SMILES string of the molecule is CC/C=C\C/C=C\CC(O)\C=C/C=C/C=C/C(O)C/C=C\CCC(=O)O. The number of carboxylic acid groups (broad SMARTS) is 1. The number of carbonyl (C=O) groups is 1. The minimum atomic E-state index is -0.821. The number of hydrogen-bond donors (Lipinski definition) is 3. The molecule has 4 heteroatoms. The Hall–Kier alpha value is -2.17. The third-order valence-corrected chi connectivity index (χ3v) is 3.29. The molecule has 0 saturated carbocycles. The van der Waals surface area contributed by atoms with Crippen LogP contribution in [-0.4, -0.2) is 33.5 Å². The molecule has 0 rings (SSSR count). The second kappa shape index (κ2) is 17.6. The summed E-state index contributed by atoms with van der Waals surface area (Å²) in [5.41, 5.74) is 0. The molecule has 0 bridgehead atoms. The first kappa shape index (κ1) is 23.8. The summed E-state index contributed by atoms with van der Waals surface area (Å²) in [6.45, 7) is 2.10. The zero-order chi connectivity index (χ0) is 19.5. The van der Waals surface area contributed by atoms with E-state index in [4.69, 9.17) is 5.11 Å². The maximum atomic E-state index is 10.3. The van der Waals surface area contributed by atoms with Gasteiger partial charge in [-0.1, -0.05) is 79.8 Å². The highest BCUT2D eigenvalue weighted by atomic mass is 16.4. The van der Waals surface area contributed by atoms with Crippen LogP contribution in [0.5, 0.6) is 0 Å². The zero-order valence-corrected chi connectivity index (χ0v) is 15.6. The third kappa shape index (κ3) is 18.2. The fourth-order valence-corrected chi connectivity index (χ4v) is 1.90. The molecule has 0 aliphatic rings. The van der Waals surface area contributed by atoms with Crippen molar-refractivity contribution >= 4 is 5.97 Å². The summed E-state index contributed by atoms with van der Waals surface area (Å²) in [7, 11) is 0. The van der Waals surface area contributed by atoms with Crippen molar-refractivity contribution < 1.29 is 20.1 Å². The van der Waals surface area contributed by atoms with Crippen molar-refractivity contribution in [2.45, 2.75) is 57.7 Å². The first-order valence-corrected chi connectivity index (χ1v) is 9.10. The molecule has 144 valence electrons. The smallest absolute Gasteiger partial charge is 0.303 e. The Morgan fingerprint density at radius 3 is 1.88 bits per heavy atom. The van der Waals surface area contributed by atoms with Crippen molar-refractivity contribution in [2.24, 2.45) is 0 Å². The largest absolute Gasteiger partial charge is 0.481 e. The lowest BCUT2D eigenvalue weighted by molar-refractivity contribution is -0.136. The van der Waals surface area contributed by atoms with Crippen LogP contribution in [0.3, 0.4) is 0 Å². The van der Waals surface area contributed by atoms with Crippen LogP contribution in [0.15, 0.2) is 72.9 Å². The van der Waals surface area contributed by atoms with E-state index in [1.165, 1.54) is 0 Å². The first-order valence-electron chi connectivity index (χ1n) is 9.10. The molecular weight excluding hydrogens is 328 g/mol. The molecule has 0 aliphatic heterocycles. The second-order valence-corrected chi connectivity index (χ2v) is 5.75. The Balaban J connectivity index is 3.91. The average molecular weight is 360 g/mol. The summed E-state index contributed by atoms with van der Waals surface area (Å²) >= 11 is 0. The van der Waals surface area contributed by atoms with E-state index in [1.807, 2.05) is 12.2 Å². The second-order valence-electron chi connectivity index (χ2n) is 5.75. The van der Waals surface area contributed by atoms with Crippen molar-refractivity contribution in [3.63, 3.8) is 0 Å². The van der Waals surface area contributed by atoms with E-state index in [0.29, 0.717) is 19.3 Å². The van der Waals surface area contributed by atoms with Gasteiger partial charge in [0.2, 0.25) is 0 Å². The topological polar surface area (TPSA) is 77.8 Å². The van der Waals surface area contributed by atoms with Gasteiger partial charge in [0.05, 0.1) is 12.2 Å². The number of carboxylic acids is 1. The van der Waals surface area contributed by atoms with Crippen molar-refractivity contribution in [3.05, 3.63) is 72.9 Å². The van der Waals surface area contributed by atoms with Gasteiger partial charge < -0.3 is 15.3 Å². The lowest BCUT2D eigenvalue weighted by Gasteiger charge is -1.99. The number of aliphatic hydroxyl groups excluding tert-OH is 2. The molecule has 0 radical (unpaired) electrons. The van der Waals surface area contributed by atoms with Crippen LogP contribution in [0.25, 0.3) is 0 Å². The maximum Gasteiger partial charge on any atom is 0.303 e. The van der Waals surface area contributed by atoms with Crippen LogP contribution in [0.2, 0.25) is 0 Å². The molecule has 0 heterocycles. The number of allylic oxidation sites excluding steroid dienone is 8. The summed E-state index contributed by atoms with van der Waals surface area (Å²) in [5.74, 6) is -0.821. The van der Waals surface area contributed by atoms with Crippen molar-refractivity contribution in [3.8, 4) is 0 Å². The lowest BCUT2D eigenvalue weighted by atomic mass is 10.2. The minimum absolute atomic E-state index is 0.106.